The van der Waals surface area contributed by atoms with Crippen LogP contribution < -0.4 is 5.11 Å². The molecule has 1 fully saturated rings. The molecule has 0 aromatic carbocycles. The normalized spacial score (nSPS) is 15.3. The summed E-state index contributed by atoms with van der Waals surface area (Å²) < 4.78 is 4.78. The molecule has 12 heavy (non-hydrogen) atoms. The maximum atomic E-state index is 10.1. The summed E-state index contributed by atoms with van der Waals surface area (Å²) in [4.78, 5) is 10.1. The SMILES string of the molecule is O=C([O-])c1nnc(C2CC2)o1.[Li]. The molecule has 6 heteroatoms. The van der Waals surface area contributed by atoms with Gasteiger partial charge in [-0.05, 0) is 12.8 Å². The summed E-state index contributed by atoms with van der Waals surface area (Å²) in [6.45, 7) is 0. The van der Waals surface area contributed by atoms with Crippen LogP contribution in [0.4, 0.5) is 0 Å². The molecule has 59 valence electrons. The monoisotopic (exact) mass is 160 g/mol. The smallest absolute Gasteiger partial charge is 0.263 e. The maximum absolute atomic E-state index is 10.1. The number of carboxylic acid groups (broad SMARTS) is 1. The molecule has 0 aliphatic heterocycles. The fourth-order valence-corrected chi connectivity index (χ4v) is 0.812. The Bertz CT molecular complexity index is 295. The van der Waals surface area contributed by atoms with Gasteiger partial charge in [-0.2, -0.15) is 0 Å². The van der Waals surface area contributed by atoms with E-state index in [0.717, 1.165) is 12.8 Å². The first kappa shape index (κ1) is 9.30. The minimum Gasteiger partial charge on any atom is -0.540 e. The molecule has 1 heterocycles. The van der Waals surface area contributed by atoms with Gasteiger partial charge in [-0.1, -0.05) is 0 Å². The third-order valence-corrected chi connectivity index (χ3v) is 1.54. The summed E-state index contributed by atoms with van der Waals surface area (Å²) in [6.07, 6.45) is 2.02. The molecule has 0 N–H and O–H groups in total. The van der Waals surface area contributed by atoms with E-state index in [9.17, 15) is 9.90 Å². The van der Waals surface area contributed by atoms with Gasteiger partial charge in [0.1, 0.15) is 5.97 Å². The van der Waals surface area contributed by atoms with E-state index in [4.69, 9.17) is 4.42 Å². The first-order valence-electron chi connectivity index (χ1n) is 3.32. The van der Waals surface area contributed by atoms with Crippen molar-refractivity contribution >= 4 is 24.8 Å². The van der Waals surface area contributed by atoms with Gasteiger partial charge in [-0.25, -0.2) is 0 Å². The molecule has 5 nitrogen and oxygen atoms in total. The quantitative estimate of drug-likeness (QED) is 0.514. The molecule has 1 aromatic heterocycles. The zero-order valence-electron chi connectivity index (χ0n) is 6.61. The molecule has 0 bridgehead atoms. The number of hydrogen-bond donors (Lipinski definition) is 0. The summed E-state index contributed by atoms with van der Waals surface area (Å²) in [5.74, 6) is -1.13. The van der Waals surface area contributed by atoms with E-state index in [-0.39, 0.29) is 24.8 Å². The number of carbonyl (C=O) groups is 1. The maximum Gasteiger partial charge on any atom is 0.263 e. The van der Waals surface area contributed by atoms with Gasteiger partial charge in [-0.15, -0.1) is 10.2 Å². The van der Waals surface area contributed by atoms with Crippen molar-refractivity contribution < 1.29 is 14.3 Å². The molecule has 1 aliphatic rings. The molecule has 0 amide bonds. The Labute approximate surface area is 80.3 Å². The second kappa shape index (κ2) is 3.29. The van der Waals surface area contributed by atoms with Crippen molar-refractivity contribution in [1.82, 2.24) is 10.2 Å². The number of aromatic nitrogens is 2. The van der Waals surface area contributed by atoms with Crippen LogP contribution in [-0.2, 0) is 0 Å². The van der Waals surface area contributed by atoms with E-state index in [2.05, 4.69) is 10.2 Å². The number of carboxylic acids is 1. The average Bonchev–Trinajstić information content (AvgIpc) is 2.68. The third-order valence-electron chi connectivity index (χ3n) is 1.54. The van der Waals surface area contributed by atoms with Crippen LogP contribution in [0.5, 0.6) is 0 Å². The zero-order valence-corrected chi connectivity index (χ0v) is 6.61. The molecule has 1 aliphatic carbocycles. The van der Waals surface area contributed by atoms with Crippen LogP contribution >= 0.6 is 0 Å². The summed E-state index contributed by atoms with van der Waals surface area (Å²) in [5, 5.41) is 17.0. The molecule has 2 rings (SSSR count). The second-order valence-corrected chi connectivity index (χ2v) is 2.51. The summed E-state index contributed by atoms with van der Waals surface area (Å²) in [7, 11) is 0. The van der Waals surface area contributed by atoms with Crippen molar-refractivity contribution in [3.63, 3.8) is 0 Å². The van der Waals surface area contributed by atoms with Gasteiger partial charge in [-0.3, -0.25) is 0 Å². The van der Waals surface area contributed by atoms with E-state index in [1.807, 2.05) is 0 Å². The molecule has 0 saturated heterocycles. The predicted molar refractivity (Wildman–Crippen MR) is 36.4 cm³/mol. The minimum atomic E-state index is -1.41. The van der Waals surface area contributed by atoms with Crippen molar-refractivity contribution in [3.05, 3.63) is 11.8 Å². The molecule has 0 unspecified atom stereocenters. The Morgan fingerprint density at radius 3 is 2.58 bits per heavy atom. The van der Waals surface area contributed by atoms with Crippen molar-refractivity contribution in [3.8, 4) is 0 Å². The number of hydrogen-bond acceptors (Lipinski definition) is 5. The fourth-order valence-electron chi connectivity index (χ4n) is 0.812. The number of aromatic carboxylic acids is 1. The molecular formula is C6H5LiN2O3-. The molecular weight excluding hydrogens is 155 g/mol. The van der Waals surface area contributed by atoms with E-state index in [1.165, 1.54) is 0 Å². The molecule has 1 aromatic rings. The van der Waals surface area contributed by atoms with Crippen molar-refractivity contribution in [2.75, 3.05) is 0 Å². The van der Waals surface area contributed by atoms with Gasteiger partial charge in [0.05, 0.1) is 0 Å². The van der Waals surface area contributed by atoms with Crippen LogP contribution in [0.2, 0.25) is 0 Å². The fraction of sp³-hybridized carbons (Fsp3) is 0.500. The van der Waals surface area contributed by atoms with Crippen LogP contribution in [-0.4, -0.2) is 35.0 Å². The van der Waals surface area contributed by atoms with Crippen molar-refractivity contribution in [2.24, 2.45) is 0 Å². The largest absolute Gasteiger partial charge is 0.540 e. The number of rotatable bonds is 2. The van der Waals surface area contributed by atoms with E-state index in [0.29, 0.717) is 5.89 Å². The summed E-state index contributed by atoms with van der Waals surface area (Å²) >= 11 is 0. The number of nitrogens with zero attached hydrogens (tertiary/aromatic N) is 2. The summed E-state index contributed by atoms with van der Waals surface area (Å²) in [6, 6.07) is 0. The first-order valence-corrected chi connectivity index (χ1v) is 3.32. The molecule has 1 radical (unpaired) electrons. The second-order valence-electron chi connectivity index (χ2n) is 2.51. The van der Waals surface area contributed by atoms with Gasteiger partial charge in [0.25, 0.3) is 5.89 Å². The van der Waals surface area contributed by atoms with Crippen LogP contribution in [0, 0.1) is 0 Å². The minimum absolute atomic E-state index is 0. The van der Waals surface area contributed by atoms with Gasteiger partial charge in [0.2, 0.25) is 5.89 Å². The first-order chi connectivity index (χ1) is 5.27. The topological polar surface area (TPSA) is 79.0 Å². The zero-order chi connectivity index (χ0) is 7.84. The van der Waals surface area contributed by atoms with Crippen LogP contribution in [0.1, 0.15) is 35.3 Å². The number of carbonyl (C=O) groups excluding carboxylic acids is 1. The van der Waals surface area contributed by atoms with Crippen LogP contribution in [0.3, 0.4) is 0 Å². The van der Waals surface area contributed by atoms with Crippen LogP contribution in [0.25, 0.3) is 0 Å². The van der Waals surface area contributed by atoms with Crippen molar-refractivity contribution in [2.45, 2.75) is 18.8 Å². The van der Waals surface area contributed by atoms with Gasteiger partial charge in [0, 0.05) is 24.8 Å². The Morgan fingerprint density at radius 2 is 2.17 bits per heavy atom. The Hall–Kier alpha value is -0.793. The van der Waals surface area contributed by atoms with Crippen LogP contribution in [0.15, 0.2) is 4.42 Å². The van der Waals surface area contributed by atoms with E-state index in [1.54, 1.807) is 0 Å². The van der Waals surface area contributed by atoms with E-state index < -0.39 is 11.9 Å². The average molecular weight is 160 g/mol. The molecule has 0 atom stereocenters. The van der Waals surface area contributed by atoms with Crippen molar-refractivity contribution in [1.29, 1.82) is 0 Å². The standard InChI is InChI=1S/C6H6N2O3.Li/c9-6(10)5-8-7-4(11-5)3-1-2-3;/h3H,1-2H2,(H,9,10);/p-1. The third kappa shape index (κ3) is 1.68. The molecule has 1 saturated carbocycles. The van der Waals surface area contributed by atoms with Gasteiger partial charge >= 0.3 is 0 Å². The predicted octanol–water partition coefficient (Wildman–Crippen LogP) is -1.07. The molecule has 0 spiro atoms. The Kier molecular flexibility index (Phi) is 2.55. The van der Waals surface area contributed by atoms with E-state index >= 15 is 0 Å². The Morgan fingerprint density at radius 1 is 1.50 bits per heavy atom. The summed E-state index contributed by atoms with van der Waals surface area (Å²) in [5.41, 5.74) is 0. The Balaban J connectivity index is 0.000000720. The van der Waals surface area contributed by atoms with Gasteiger partial charge < -0.3 is 14.3 Å². The van der Waals surface area contributed by atoms with Gasteiger partial charge in [0.15, 0.2) is 0 Å².